The lowest BCUT2D eigenvalue weighted by atomic mass is 10.1. The third kappa shape index (κ3) is 4.06. The number of hydrogen-bond acceptors (Lipinski definition) is 2. The van der Waals surface area contributed by atoms with Crippen LogP contribution in [0.2, 0.25) is 0 Å². The molecule has 1 aromatic rings. The summed E-state index contributed by atoms with van der Waals surface area (Å²) in [5, 5.41) is 7.07. The van der Waals surface area contributed by atoms with E-state index < -0.39 is 0 Å². The zero-order valence-electron chi connectivity index (χ0n) is 10.0. The molecule has 1 atom stereocenters. The molecule has 0 aromatic carbocycles. The molecule has 1 heterocycles. The van der Waals surface area contributed by atoms with Gasteiger partial charge in [-0.1, -0.05) is 12.2 Å². The molecule has 0 aliphatic heterocycles. The number of nitrogens with zero attached hydrogens (tertiary/aromatic N) is 2. The third-order valence-corrected chi connectivity index (χ3v) is 3.01. The first-order chi connectivity index (χ1) is 8.34. The molecule has 2 rings (SSSR count). The Morgan fingerprint density at radius 1 is 1.53 bits per heavy atom. The maximum Gasteiger partial charge on any atom is 0.220 e. The molecule has 0 radical (unpaired) electrons. The summed E-state index contributed by atoms with van der Waals surface area (Å²) < 4.78 is 1.88. The molecule has 1 aliphatic rings. The summed E-state index contributed by atoms with van der Waals surface area (Å²) in [6.45, 7) is 1.59. The fourth-order valence-corrected chi connectivity index (χ4v) is 2.08. The summed E-state index contributed by atoms with van der Waals surface area (Å²) in [7, 11) is 0. The molecule has 0 bridgehead atoms. The van der Waals surface area contributed by atoms with E-state index in [0.29, 0.717) is 12.3 Å². The minimum atomic E-state index is 0.169. The Labute approximate surface area is 102 Å². The van der Waals surface area contributed by atoms with Crippen molar-refractivity contribution in [2.75, 3.05) is 6.54 Å². The molecule has 92 valence electrons. The van der Waals surface area contributed by atoms with Gasteiger partial charge < -0.3 is 5.32 Å². The third-order valence-electron chi connectivity index (χ3n) is 3.01. The van der Waals surface area contributed by atoms with Crippen molar-refractivity contribution in [2.24, 2.45) is 5.92 Å². The van der Waals surface area contributed by atoms with E-state index in [1.54, 1.807) is 6.20 Å². The van der Waals surface area contributed by atoms with Gasteiger partial charge in [0.15, 0.2) is 0 Å². The second kappa shape index (κ2) is 6.23. The van der Waals surface area contributed by atoms with Crippen molar-refractivity contribution in [1.29, 1.82) is 0 Å². The first-order valence-corrected chi connectivity index (χ1v) is 6.25. The van der Waals surface area contributed by atoms with Gasteiger partial charge in [-0.3, -0.25) is 9.48 Å². The SMILES string of the molecule is O=C(C[C@@H]1C=CCC1)NCCCn1cccn1. The summed E-state index contributed by atoms with van der Waals surface area (Å²) >= 11 is 0. The van der Waals surface area contributed by atoms with Gasteiger partial charge in [0, 0.05) is 31.9 Å². The number of allylic oxidation sites excluding steroid dienone is 2. The van der Waals surface area contributed by atoms with Gasteiger partial charge in [-0.15, -0.1) is 0 Å². The highest BCUT2D eigenvalue weighted by Crippen LogP contribution is 2.19. The van der Waals surface area contributed by atoms with E-state index in [2.05, 4.69) is 22.6 Å². The van der Waals surface area contributed by atoms with Gasteiger partial charge in [0.2, 0.25) is 5.91 Å². The summed E-state index contributed by atoms with van der Waals surface area (Å²) in [5.41, 5.74) is 0. The van der Waals surface area contributed by atoms with Crippen LogP contribution in [-0.4, -0.2) is 22.2 Å². The molecule has 17 heavy (non-hydrogen) atoms. The normalized spacial score (nSPS) is 18.5. The molecule has 0 fully saturated rings. The molecular weight excluding hydrogens is 214 g/mol. The molecule has 1 aromatic heterocycles. The largest absolute Gasteiger partial charge is 0.356 e. The summed E-state index contributed by atoms with van der Waals surface area (Å²) in [6, 6.07) is 1.91. The number of amides is 1. The van der Waals surface area contributed by atoms with Gasteiger partial charge in [0.25, 0.3) is 0 Å². The van der Waals surface area contributed by atoms with E-state index >= 15 is 0 Å². The Bertz CT molecular complexity index is 370. The molecule has 1 amide bonds. The average Bonchev–Trinajstić information content (AvgIpc) is 2.96. The van der Waals surface area contributed by atoms with Crippen LogP contribution in [0, 0.1) is 5.92 Å². The predicted octanol–water partition coefficient (Wildman–Crippen LogP) is 1.75. The predicted molar refractivity (Wildman–Crippen MR) is 66.3 cm³/mol. The Morgan fingerprint density at radius 2 is 2.47 bits per heavy atom. The van der Waals surface area contributed by atoms with Gasteiger partial charge in [-0.05, 0) is 31.2 Å². The summed E-state index contributed by atoms with van der Waals surface area (Å²) in [6.07, 6.45) is 11.8. The van der Waals surface area contributed by atoms with Crippen molar-refractivity contribution in [3.8, 4) is 0 Å². The molecule has 0 saturated carbocycles. The number of carbonyl (C=O) groups excluding carboxylic acids is 1. The van der Waals surface area contributed by atoms with Gasteiger partial charge >= 0.3 is 0 Å². The van der Waals surface area contributed by atoms with E-state index in [1.807, 2.05) is 16.9 Å². The Kier molecular flexibility index (Phi) is 4.36. The van der Waals surface area contributed by atoms with Crippen LogP contribution in [0.4, 0.5) is 0 Å². The highest BCUT2D eigenvalue weighted by Gasteiger charge is 2.13. The van der Waals surface area contributed by atoms with E-state index in [-0.39, 0.29) is 5.91 Å². The molecule has 4 nitrogen and oxygen atoms in total. The Balaban J connectivity index is 1.55. The van der Waals surface area contributed by atoms with E-state index in [1.165, 1.54) is 0 Å². The molecule has 0 spiro atoms. The number of aromatic nitrogens is 2. The number of nitrogens with one attached hydrogen (secondary N) is 1. The number of carbonyl (C=O) groups is 1. The first-order valence-electron chi connectivity index (χ1n) is 6.25. The van der Waals surface area contributed by atoms with E-state index in [9.17, 15) is 4.79 Å². The molecule has 1 N–H and O–H groups in total. The van der Waals surface area contributed by atoms with Crippen molar-refractivity contribution < 1.29 is 4.79 Å². The van der Waals surface area contributed by atoms with Crippen LogP contribution >= 0.6 is 0 Å². The maximum atomic E-state index is 11.6. The van der Waals surface area contributed by atoms with Crippen LogP contribution in [-0.2, 0) is 11.3 Å². The van der Waals surface area contributed by atoms with E-state index in [0.717, 1.165) is 32.4 Å². The molecule has 1 aliphatic carbocycles. The van der Waals surface area contributed by atoms with Gasteiger partial charge in [-0.2, -0.15) is 5.10 Å². The van der Waals surface area contributed by atoms with Crippen LogP contribution in [0.1, 0.15) is 25.7 Å². The van der Waals surface area contributed by atoms with Gasteiger partial charge in [0.1, 0.15) is 0 Å². The summed E-state index contributed by atoms with van der Waals surface area (Å²) in [4.78, 5) is 11.6. The van der Waals surface area contributed by atoms with Crippen LogP contribution in [0.15, 0.2) is 30.6 Å². The van der Waals surface area contributed by atoms with Gasteiger partial charge in [0.05, 0.1) is 0 Å². The highest BCUT2D eigenvalue weighted by molar-refractivity contribution is 5.76. The minimum absolute atomic E-state index is 0.169. The van der Waals surface area contributed by atoms with Crippen LogP contribution in [0.25, 0.3) is 0 Å². The smallest absolute Gasteiger partial charge is 0.220 e. The lowest BCUT2D eigenvalue weighted by Gasteiger charge is -2.08. The topological polar surface area (TPSA) is 46.9 Å². The molecular formula is C13H19N3O. The Morgan fingerprint density at radius 3 is 3.18 bits per heavy atom. The fourth-order valence-electron chi connectivity index (χ4n) is 2.08. The molecule has 0 unspecified atom stereocenters. The zero-order valence-corrected chi connectivity index (χ0v) is 10.0. The second-order valence-corrected chi connectivity index (χ2v) is 4.44. The fraction of sp³-hybridized carbons (Fsp3) is 0.538. The summed E-state index contributed by atoms with van der Waals surface area (Å²) in [5.74, 6) is 0.628. The molecule has 0 saturated heterocycles. The minimum Gasteiger partial charge on any atom is -0.356 e. The lowest BCUT2D eigenvalue weighted by Crippen LogP contribution is -2.26. The number of aryl methyl sites for hydroxylation is 1. The van der Waals surface area contributed by atoms with Gasteiger partial charge in [-0.25, -0.2) is 0 Å². The van der Waals surface area contributed by atoms with Crippen LogP contribution in [0.3, 0.4) is 0 Å². The van der Waals surface area contributed by atoms with Crippen molar-refractivity contribution in [3.05, 3.63) is 30.6 Å². The van der Waals surface area contributed by atoms with Crippen molar-refractivity contribution >= 4 is 5.91 Å². The van der Waals surface area contributed by atoms with Crippen molar-refractivity contribution in [3.63, 3.8) is 0 Å². The monoisotopic (exact) mass is 233 g/mol. The van der Waals surface area contributed by atoms with Crippen LogP contribution < -0.4 is 5.32 Å². The average molecular weight is 233 g/mol. The lowest BCUT2D eigenvalue weighted by molar-refractivity contribution is -0.121. The molecule has 4 heteroatoms. The van der Waals surface area contributed by atoms with E-state index in [4.69, 9.17) is 0 Å². The van der Waals surface area contributed by atoms with Crippen LogP contribution in [0.5, 0.6) is 0 Å². The van der Waals surface area contributed by atoms with Crippen molar-refractivity contribution in [1.82, 2.24) is 15.1 Å². The quantitative estimate of drug-likeness (QED) is 0.601. The first kappa shape index (κ1) is 11.9. The maximum absolute atomic E-state index is 11.6. The highest BCUT2D eigenvalue weighted by atomic mass is 16.1. The van der Waals surface area contributed by atoms with Crippen molar-refractivity contribution in [2.45, 2.75) is 32.2 Å². The second-order valence-electron chi connectivity index (χ2n) is 4.44. The number of hydrogen-bond donors (Lipinski definition) is 1. The Hall–Kier alpha value is -1.58. The zero-order chi connectivity index (χ0) is 11.9. The number of rotatable bonds is 6. The standard InChI is InChI=1S/C13H19N3O/c17-13(11-12-5-1-2-6-12)14-7-3-9-16-10-4-8-15-16/h1,4-5,8,10,12H,2-3,6-7,9,11H2,(H,14,17)/t12-/m1/s1.